The van der Waals surface area contributed by atoms with Crippen molar-refractivity contribution < 1.29 is 19.0 Å². The molecule has 0 spiro atoms. The van der Waals surface area contributed by atoms with Crippen LogP contribution in [0, 0.1) is 0 Å². The number of anilines is 1. The number of ether oxygens (including phenoxy) is 3. The predicted molar refractivity (Wildman–Crippen MR) is 127 cm³/mol. The maximum Gasteiger partial charge on any atom is 0.319 e. The van der Waals surface area contributed by atoms with Crippen molar-refractivity contribution in [3.63, 3.8) is 0 Å². The summed E-state index contributed by atoms with van der Waals surface area (Å²) < 4.78 is 16.1. The van der Waals surface area contributed by atoms with Crippen LogP contribution >= 0.6 is 11.6 Å². The van der Waals surface area contributed by atoms with Gasteiger partial charge >= 0.3 is 6.03 Å². The van der Waals surface area contributed by atoms with Crippen LogP contribution in [0.5, 0.6) is 17.2 Å². The first-order valence-electron chi connectivity index (χ1n) is 10.8. The minimum absolute atomic E-state index is 0.0901. The van der Waals surface area contributed by atoms with Crippen molar-refractivity contribution in [2.75, 3.05) is 40.2 Å². The Labute approximate surface area is 195 Å². The van der Waals surface area contributed by atoms with Gasteiger partial charge in [-0.25, -0.2) is 4.79 Å². The molecule has 0 aliphatic heterocycles. The maximum absolute atomic E-state index is 12.7. The number of hydrogen-bond donors (Lipinski definition) is 2. The molecular formula is C24H32ClN3O4. The number of benzene rings is 2. The van der Waals surface area contributed by atoms with Crippen molar-refractivity contribution in [2.45, 2.75) is 37.8 Å². The zero-order valence-corrected chi connectivity index (χ0v) is 19.9. The highest BCUT2D eigenvalue weighted by Gasteiger charge is 2.31. The van der Waals surface area contributed by atoms with Crippen LogP contribution in [-0.2, 0) is 6.42 Å². The van der Waals surface area contributed by atoms with E-state index in [4.69, 9.17) is 25.8 Å². The van der Waals surface area contributed by atoms with Crippen molar-refractivity contribution in [1.29, 1.82) is 0 Å². The van der Waals surface area contributed by atoms with Crippen molar-refractivity contribution in [3.8, 4) is 17.2 Å². The molecular weight excluding hydrogens is 430 g/mol. The molecule has 2 atom stereocenters. The summed E-state index contributed by atoms with van der Waals surface area (Å²) in [6.45, 7) is 0.916. The summed E-state index contributed by atoms with van der Waals surface area (Å²) in [5.41, 5.74) is 1.83. The number of nitrogens with zero attached hydrogens (tertiary/aromatic N) is 1. The van der Waals surface area contributed by atoms with Crippen LogP contribution in [0.1, 0.15) is 24.8 Å². The first-order valence-corrected chi connectivity index (χ1v) is 11.1. The summed E-state index contributed by atoms with van der Waals surface area (Å²) in [7, 11) is 6.76. The molecule has 2 aromatic rings. The Bertz CT molecular complexity index is 882. The van der Waals surface area contributed by atoms with Gasteiger partial charge in [-0.15, -0.1) is 0 Å². The molecule has 1 aliphatic carbocycles. The second-order valence-corrected chi connectivity index (χ2v) is 8.41. The van der Waals surface area contributed by atoms with Gasteiger partial charge in [0.1, 0.15) is 0 Å². The molecule has 7 nitrogen and oxygen atoms in total. The number of halogens is 1. The number of amides is 2. The number of methoxy groups -OCH3 is 3. The summed E-state index contributed by atoms with van der Waals surface area (Å²) in [5.74, 6) is 1.46. The second-order valence-electron chi connectivity index (χ2n) is 7.97. The topological polar surface area (TPSA) is 72.1 Å². The normalized spacial score (nSPS) is 17.8. The van der Waals surface area contributed by atoms with Crippen molar-refractivity contribution in [3.05, 3.63) is 47.0 Å². The smallest absolute Gasteiger partial charge is 0.319 e. The molecule has 0 unspecified atom stereocenters. The minimum Gasteiger partial charge on any atom is -0.493 e. The van der Waals surface area contributed by atoms with Crippen LogP contribution in [0.3, 0.4) is 0 Å². The molecule has 1 aliphatic rings. The molecule has 1 saturated carbocycles. The van der Waals surface area contributed by atoms with Gasteiger partial charge in [-0.1, -0.05) is 23.7 Å². The Hall–Kier alpha value is -2.64. The van der Waals surface area contributed by atoms with E-state index in [-0.39, 0.29) is 12.1 Å². The van der Waals surface area contributed by atoms with E-state index >= 15 is 0 Å². The van der Waals surface area contributed by atoms with E-state index in [9.17, 15) is 4.79 Å². The molecule has 32 heavy (non-hydrogen) atoms. The molecule has 0 bridgehead atoms. The molecule has 2 aromatic carbocycles. The fourth-order valence-corrected chi connectivity index (χ4v) is 4.37. The van der Waals surface area contributed by atoms with Gasteiger partial charge in [-0.2, -0.15) is 0 Å². The summed E-state index contributed by atoms with van der Waals surface area (Å²) in [6, 6.07) is 11.5. The predicted octanol–water partition coefficient (Wildman–Crippen LogP) is 4.58. The monoisotopic (exact) mass is 461 g/mol. The van der Waals surface area contributed by atoms with Gasteiger partial charge in [0.2, 0.25) is 5.75 Å². The third-order valence-electron chi connectivity index (χ3n) is 5.95. The third kappa shape index (κ3) is 5.99. The number of carbonyl (C=O) groups is 1. The fourth-order valence-electron chi connectivity index (χ4n) is 4.25. The molecule has 0 aromatic heterocycles. The number of hydrogen-bond acceptors (Lipinski definition) is 5. The number of likely N-dealkylation sites (N-methyl/N-ethyl adjacent to an activating group) is 1. The first kappa shape index (κ1) is 24.0. The zero-order chi connectivity index (χ0) is 23.1. The molecule has 0 heterocycles. The Morgan fingerprint density at radius 3 is 2.31 bits per heavy atom. The van der Waals surface area contributed by atoms with E-state index in [2.05, 4.69) is 34.7 Å². The SMILES string of the molecule is COc1cc(NC(=O)N[C@@H]2CCC[C@H]2N(C)CCc2ccc(Cl)cc2)cc(OC)c1OC. The van der Waals surface area contributed by atoms with Crippen molar-refractivity contribution >= 4 is 23.3 Å². The average molecular weight is 462 g/mol. The van der Waals surface area contributed by atoms with Crippen molar-refractivity contribution in [2.24, 2.45) is 0 Å². The van der Waals surface area contributed by atoms with Crippen LogP contribution in [0.2, 0.25) is 5.02 Å². The van der Waals surface area contributed by atoms with Crippen LogP contribution < -0.4 is 24.8 Å². The van der Waals surface area contributed by atoms with Gasteiger partial charge in [0.25, 0.3) is 0 Å². The molecule has 2 amide bonds. The average Bonchev–Trinajstić information content (AvgIpc) is 3.25. The van der Waals surface area contributed by atoms with Gasteiger partial charge < -0.3 is 29.7 Å². The van der Waals surface area contributed by atoms with Gasteiger partial charge in [0.15, 0.2) is 11.5 Å². The lowest BCUT2D eigenvalue weighted by molar-refractivity contribution is 0.208. The van der Waals surface area contributed by atoms with Crippen LogP contribution in [0.15, 0.2) is 36.4 Å². The summed E-state index contributed by atoms with van der Waals surface area (Å²) >= 11 is 5.98. The number of urea groups is 1. The van der Waals surface area contributed by atoms with E-state index in [1.807, 2.05) is 12.1 Å². The second kappa shape index (κ2) is 11.3. The van der Waals surface area contributed by atoms with Gasteiger partial charge in [0, 0.05) is 35.8 Å². The van der Waals surface area contributed by atoms with E-state index in [1.165, 1.54) is 5.56 Å². The lowest BCUT2D eigenvalue weighted by Gasteiger charge is -2.30. The van der Waals surface area contributed by atoms with E-state index < -0.39 is 0 Å². The number of nitrogens with one attached hydrogen (secondary N) is 2. The number of carbonyl (C=O) groups excluding carboxylic acids is 1. The molecule has 174 valence electrons. The first-order chi connectivity index (χ1) is 15.4. The van der Waals surface area contributed by atoms with E-state index in [0.717, 1.165) is 37.3 Å². The van der Waals surface area contributed by atoms with Gasteiger partial charge in [0.05, 0.1) is 27.0 Å². The summed E-state index contributed by atoms with van der Waals surface area (Å²) in [6.07, 6.45) is 4.05. The van der Waals surface area contributed by atoms with Crippen molar-refractivity contribution in [1.82, 2.24) is 10.2 Å². The Balaban J connectivity index is 1.58. The summed E-state index contributed by atoms with van der Waals surface area (Å²) in [5, 5.41) is 6.79. The molecule has 0 saturated heterocycles. The Kier molecular flexibility index (Phi) is 8.47. The van der Waals surface area contributed by atoms with Gasteiger partial charge in [-0.05, 0) is 50.4 Å². The highest BCUT2D eigenvalue weighted by molar-refractivity contribution is 6.30. The molecule has 8 heteroatoms. The lowest BCUT2D eigenvalue weighted by Crippen LogP contribution is -2.49. The van der Waals surface area contributed by atoms with Crippen LogP contribution in [0.4, 0.5) is 10.5 Å². The zero-order valence-electron chi connectivity index (χ0n) is 19.1. The van der Waals surface area contributed by atoms with Crippen LogP contribution in [-0.4, -0.2) is 57.9 Å². The fraction of sp³-hybridized carbons (Fsp3) is 0.458. The minimum atomic E-state index is -0.248. The molecule has 3 rings (SSSR count). The van der Waals surface area contributed by atoms with E-state index in [1.54, 1.807) is 33.5 Å². The highest BCUT2D eigenvalue weighted by atomic mass is 35.5. The quantitative estimate of drug-likeness (QED) is 0.571. The molecule has 0 radical (unpaired) electrons. The lowest BCUT2D eigenvalue weighted by atomic mass is 10.1. The van der Waals surface area contributed by atoms with E-state index in [0.29, 0.717) is 29.0 Å². The molecule has 2 N–H and O–H groups in total. The highest BCUT2D eigenvalue weighted by Crippen LogP contribution is 2.40. The van der Waals surface area contributed by atoms with Gasteiger partial charge in [-0.3, -0.25) is 0 Å². The Morgan fingerprint density at radius 1 is 1.06 bits per heavy atom. The standard InChI is InChI=1S/C24H32ClN3O4/c1-28(13-12-16-8-10-17(25)11-9-16)20-7-5-6-19(20)27-24(29)26-18-14-21(30-2)23(32-4)22(15-18)31-3/h8-11,14-15,19-20H,5-7,12-13H2,1-4H3,(H2,26,27,29)/t19-,20-/m1/s1. The maximum atomic E-state index is 12.7. The molecule has 1 fully saturated rings. The Morgan fingerprint density at radius 2 is 1.72 bits per heavy atom. The third-order valence-corrected chi connectivity index (χ3v) is 6.20. The summed E-state index contributed by atoms with van der Waals surface area (Å²) in [4.78, 5) is 15.1. The largest absolute Gasteiger partial charge is 0.493 e. The van der Waals surface area contributed by atoms with Crippen LogP contribution in [0.25, 0.3) is 0 Å². The number of rotatable bonds is 9.